The number of fused-ring (bicyclic) bond motifs is 1. The van der Waals surface area contributed by atoms with Crippen molar-refractivity contribution in [3.05, 3.63) is 60.4 Å². The number of hydrogen-bond acceptors (Lipinski definition) is 7. The van der Waals surface area contributed by atoms with Crippen molar-refractivity contribution in [2.45, 2.75) is 38.7 Å². The van der Waals surface area contributed by atoms with E-state index in [1.54, 1.807) is 23.7 Å². The van der Waals surface area contributed by atoms with Crippen LogP contribution >= 0.6 is 11.3 Å². The lowest BCUT2D eigenvalue weighted by Gasteiger charge is -2.25. The van der Waals surface area contributed by atoms with Gasteiger partial charge in [-0.05, 0) is 68.0 Å². The molecule has 0 unspecified atom stereocenters. The van der Waals surface area contributed by atoms with Crippen LogP contribution in [0.25, 0.3) is 21.3 Å². The molecule has 7 nitrogen and oxygen atoms in total. The number of carboxylic acids is 1. The van der Waals surface area contributed by atoms with Crippen molar-refractivity contribution in [1.82, 2.24) is 15.0 Å². The van der Waals surface area contributed by atoms with Crippen molar-refractivity contribution in [2.75, 3.05) is 5.32 Å². The minimum Gasteiger partial charge on any atom is -0.481 e. The average molecular weight is 461 g/mol. The summed E-state index contributed by atoms with van der Waals surface area (Å²) in [5.74, 6) is -0.977. The van der Waals surface area contributed by atoms with Gasteiger partial charge < -0.3 is 15.2 Å². The van der Waals surface area contributed by atoms with Gasteiger partial charge in [-0.2, -0.15) is 0 Å². The Hall–Kier alpha value is -3.52. The van der Waals surface area contributed by atoms with E-state index >= 15 is 0 Å². The average Bonchev–Trinajstić information content (AvgIpc) is 3.22. The van der Waals surface area contributed by atoms with Crippen LogP contribution in [-0.2, 0) is 4.79 Å². The van der Waals surface area contributed by atoms with Crippen LogP contribution in [0, 0.1) is 12.8 Å². The van der Waals surface area contributed by atoms with Crippen LogP contribution in [0.1, 0.15) is 31.2 Å². The number of aromatic nitrogens is 3. The molecule has 8 heteroatoms. The molecular formula is C25H24N4O3S. The first-order chi connectivity index (χ1) is 16.0. The maximum atomic E-state index is 11.1. The molecule has 0 aliphatic heterocycles. The molecule has 168 valence electrons. The summed E-state index contributed by atoms with van der Waals surface area (Å²) in [5.41, 5.74) is 5.10. The molecule has 0 amide bonds. The van der Waals surface area contributed by atoms with Gasteiger partial charge in [0.2, 0.25) is 0 Å². The number of ether oxygens (including phenoxy) is 1. The fourth-order valence-electron chi connectivity index (χ4n) is 4.06. The van der Waals surface area contributed by atoms with Crippen molar-refractivity contribution >= 4 is 38.3 Å². The highest BCUT2D eigenvalue weighted by molar-refractivity contribution is 7.22. The van der Waals surface area contributed by atoms with E-state index in [0.717, 1.165) is 27.5 Å². The van der Waals surface area contributed by atoms with Gasteiger partial charge in [-0.3, -0.25) is 4.79 Å². The number of carbonyl (C=O) groups is 1. The van der Waals surface area contributed by atoms with Crippen LogP contribution in [0.15, 0.2) is 54.9 Å². The first kappa shape index (κ1) is 21.3. The van der Waals surface area contributed by atoms with E-state index in [2.05, 4.69) is 39.3 Å². The maximum Gasteiger partial charge on any atom is 0.316 e. The number of aliphatic carboxylic acids is 1. The fourth-order valence-corrected chi connectivity index (χ4v) is 5.04. The molecule has 0 bridgehead atoms. The summed E-state index contributed by atoms with van der Waals surface area (Å²) in [5, 5.41) is 13.4. The Labute approximate surface area is 195 Å². The van der Waals surface area contributed by atoms with Gasteiger partial charge in [0.05, 0.1) is 16.1 Å². The molecule has 0 spiro atoms. The predicted molar refractivity (Wildman–Crippen MR) is 129 cm³/mol. The smallest absolute Gasteiger partial charge is 0.316 e. The Kier molecular flexibility index (Phi) is 5.92. The number of thiazole rings is 1. The highest BCUT2D eigenvalue weighted by Crippen LogP contribution is 2.30. The van der Waals surface area contributed by atoms with E-state index in [0.29, 0.717) is 31.7 Å². The second kappa shape index (κ2) is 9.15. The maximum absolute atomic E-state index is 11.1. The Balaban J connectivity index is 1.20. The number of hydrogen-bond donors (Lipinski definition) is 2. The number of carboxylic acid groups (broad SMARTS) is 1. The van der Waals surface area contributed by atoms with Crippen LogP contribution in [0.3, 0.4) is 0 Å². The van der Waals surface area contributed by atoms with Crippen LogP contribution in [0.4, 0.5) is 10.8 Å². The molecule has 2 aromatic carbocycles. The van der Waals surface area contributed by atoms with E-state index in [1.165, 1.54) is 10.3 Å². The third-order valence-corrected chi connectivity index (χ3v) is 6.87. The number of nitrogens with one attached hydrogen (secondary N) is 1. The zero-order chi connectivity index (χ0) is 22.8. The van der Waals surface area contributed by atoms with Gasteiger partial charge >= 0.3 is 12.0 Å². The van der Waals surface area contributed by atoms with Gasteiger partial charge in [-0.25, -0.2) is 15.0 Å². The summed E-state index contributed by atoms with van der Waals surface area (Å²) in [7, 11) is 0. The van der Waals surface area contributed by atoms with Crippen LogP contribution in [0.5, 0.6) is 6.01 Å². The van der Waals surface area contributed by atoms with Crippen LogP contribution < -0.4 is 10.1 Å². The Morgan fingerprint density at radius 3 is 2.45 bits per heavy atom. The van der Waals surface area contributed by atoms with E-state index in [4.69, 9.17) is 9.84 Å². The van der Waals surface area contributed by atoms with E-state index in [1.807, 2.05) is 30.3 Å². The highest BCUT2D eigenvalue weighted by atomic mass is 32.1. The molecule has 33 heavy (non-hydrogen) atoms. The van der Waals surface area contributed by atoms with Crippen molar-refractivity contribution in [3.63, 3.8) is 0 Å². The van der Waals surface area contributed by atoms with Gasteiger partial charge in [0.15, 0.2) is 5.13 Å². The van der Waals surface area contributed by atoms with E-state index < -0.39 is 5.97 Å². The second-order valence-corrected chi connectivity index (χ2v) is 9.41. The van der Waals surface area contributed by atoms with Gasteiger partial charge in [0, 0.05) is 23.6 Å². The van der Waals surface area contributed by atoms with Crippen molar-refractivity contribution in [3.8, 4) is 17.1 Å². The minimum atomic E-state index is -0.717. The molecular weight excluding hydrogens is 436 g/mol. The molecule has 0 atom stereocenters. The summed E-state index contributed by atoms with van der Waals surface area (Å²) < 4.78 is 7.03. The molecule has 2 aromatic heterocycles. The fraction of sp³-hybridized carbons (Fsp3) is 0.280. The largest absolute Gasteiger partial charge is 0.481 e. The standard InChI is InChI=1S/C25H24N4O3S/c1-15-2-11-21-22(12-15)33-25(29-21)28-19-7-3-16(4-8-19)18-13-26-24(27-14-18)32-20-9-5-17(6-10-20)23(30)31/h2-4,7-8,11-14,17,20H,5-6,9-10H2,1H3,(H,28,29)(H,30,31). The van der Waals surface area contributed by atoms with Gasteiger partial charge in [-0.1, -0.05) is 29.5 Å². The van der Waals surface area contributed by atoms with E-state index in [-0.39, 0.29) is 12.0 Å². The Morgan fingerprint density at radius 1 is 1.03 bits per heavy atom. The van der Waals surface area contributed by atoms with Crippen molar-refractivity contribution in [1.29, 1.82) is 0 Å². The first-order valence-electron chi connectivity index (χ1n) is 11.0. The third kappa shape index (κ3) is 4.96. The molecule has 4 aromatic rings. The molecule has 5 rings (SSSR count). The number of benzene rings is 2. The highest BCUT2D eigenvalue weighted by Gasteiger charge is 2.27. The predicted octanol–water partition coefficient (Wildman–Crippen LogP) is 5.83. The zero-order valence-corrected chi connectivity index (χ0v) is 19.0. The van der Waals surface area contributed by atoms with Crippen LogP contribution in [-0.4, -0.2) is 32.1 Å². The summed E-state index contributed by atoms with van der Waals surface area (Å²) in [6.07, 6.45) is 6.18. The summed E-state index contributed by atoms with van der Waals surface area (Å²) in [6, 6.07) is 14.7. The second-order valence-electron chi connectivity index (χ2n) is 8.38. The third-order valence-electron chi connectivity index (χ3n) is 5.94. The molecule has 1 aliphatic carbocycles. The Bertz CT molecular complexity index is 1260. The van der Waals surface area contributed by atoms with Gasteiger partial charge in [-0.15, -0.1) is 0 Å². The minimum absolute atomic E-state index is 0.0248. The number of nitrogens with zero attached hydrogens (tertiary/aromatic N) is 3. The topological polar surface area (TPSA) is 97.2 Å². The van der Waals surface area contributed by atoms with Gasteiger partial charge in [0.1, 0.15) is 6.10 Å². The zero-order valence-electron chi connectivity index (χ0n) is 18.2. The first-order valence-corrected chi connectivity index (χ1v) is 11.8. The lowest BCUT2D eigenvalue weighted by Crippen LogP contribution is -2.28. The normalized spacial score (nSPS) is 18.2. The molecule has 2 N–H and O–H groups in total. The number of anilines is 2. The SMILES string of the molecule is Cc1ccc2nc(Nc3ccc(-c4cnc(OC5CCC(C(=O)O)CC5)nc4)cc3)sc2c1. The Morgan fingerprint density at radius 2 is 1.76 bits per heavy atom. The van der Waals surface area contributed by atoms with Gasteiger partial charge in [0.25, 0.3) is 0 Å². The van der Waals surface area contributed by atoms with Crippen molar-refractivity contribution < 1.29 is 14.6 Å². The molecule has 0 saturated heterocycles. The van der Waals surface area contributed by atoms with E-state index in [9.17, 15) is 4.79 Å². The summed E-state index contributed by atoms with van der Waals surface area (Å²) in [6.45, 7) is 2.08. The summed E-state index contributed by atoms with van der Waals surface area (Å²) >= 11 is 1.64. The lowest BCUT2D eigenvalue weighted by atomic mass is 9.87. The lowest BCUT2D eigenvalue weighted by molar-refractivity contribution is -0.143. The number of rotatable bonds is 6. The summed E-state index contributed by atoms with van der Waals surface area (Å²) in [4.78, 5) is 24.4. The van der Waals surface area contributed by atoms with Crippen LogP contribution in [0.2, 0.25) is 0 Å². The molecule has 2 heterocycles. The number of aryl methyl sites for hydroxylation is 1. The molecule has 1 aliphatic rings. The molecule has 0 radical (unpaired) electrons. The van der Waals surface area contributed by atoms with Crippen molar-refractivity contribution in [2.24, 2.45) is 5.92 Å². The monoisotopic (exact) mass is 460 g/mol. The molecule has 1 fully saturated rings. The quantitative estimate of drug-likeness (QED) is 0.374. The molecule has 1 saturated carbocycles.